The van der Waals surface area contributed by atoms with Crippen molar-refractivity contribution in [3.8, 4) is 0 Å². The first-order chi connectivity index (χ1) is 9.02. The molecule has 5 heteroatoms. The topological polar surface area (TPSA) is 64.2 Å². The SMILES string of the molecule is CCn1cc(N)c(C(=O)N(C)C2CCCC(C)C2)n1. The molecule has 0 aliphatic heterocycles. The number of anilines is 1. The van der Waals surface area contributed by atoms with Crippen LogP contribution in [0.15, 0.2) is 6.20 Å². The second kappa shape index (κ2) is 5.63. The van der Waals surface area contributed by atoms with Crippen LogP contribution in [0.5, 0.6) is 0 Å². The molecule has 2 unspecified atom stereocenters. The maximum atomic E-state index is 12.5. The minimum atomic E-state index is -0.0520. The fraction of sp³-hybridized carbons (Fsp3) is 0.714. The molecule has 1 aliphatic carbocycles. The van der Waals surface area contributed by atoms with Crippen molar-refractivity contribution in [3.63, 3.8) is 0 Å². The lowest BCUT2D eigenvalue weighted by atomic mass is 9.86. The third-order valence-electron chi connectivity index (χ3n) is 4.09. The Kier molecular flexibility index (Phi) is 4.12. The number of nitrogens with zero attached hydrogens (tertiary/aromatic N) is 3. The Morgan fingerprint density at radius 3 is 2.89 bits per heavy atom. The average Bonchev–Trinajstić information content (AvgIpc) is 2.78. The number of amides is 1. The van der Waals surface area contributed by atoms with Crippen molar-refractivity contribution in [3.05, 3.63) is 11.9 Å². The average molecular weight is 264 g/mol. The molecular formula is C14H24N4O. The molecule has 1 aromatic rings. The van der Waals surface area contributed by atoms with Crippen molar-refractivity contribution in [1.29, 1.82) is 0 Å². The van der Waals surface area contributed by atoms with Crippen LogP contribution >= 0.6 is 0 Å². The fourth-order valence-electron chi connectivity index (χ4n) is 2.85. The van der Waals surface area contributed by atoms with E-state index in [4.69, 9.17) is 5.73 Å². The van der Waals surface area contributed by atoms with Crippen LogP contribution in [0.1, 0.15) is 50.0 Å². The third-order valence-corrected chi connectivity index (χ3v) is 4.09. The summed E-state index contributed by atoms with van der Waals surface area (Å²) < 4.78 is 1.71. The molecule has 0 radical (unpaired) electrons. The van der Waals surface area contributed by atoms with E-state index in [0.717, 1.165) is 19.4 Å². The Morgan fingerprint density at radius 2 is 2.32 bits per heavy atom. The number of hydrogen-bond acceptors (Lipinski definition) is 3. The molecule has 106 valence electrons. The highest BCUT2D eigenvalue weighted by molar-refractivity contribution is 5.97. The van der Waals surface area contributed by atoms with Crippen LogP contribution < -0.4 is 5.73 Å². The second-order valence-corrected chi connectivity index (χ2v) is 5.63. The van der Waals surface area contributed by atoms with E-state index in [1.165, 1.54) is 12.8 Å². The molecule has 1 fully saturated rings. The number of rotatable bonds is 3. The summed E-state index contributed by atoms with van der Waals surface area (Å²) in [7, 11) is 1.87. The van der Waals surface area contributed by atoms with Gasteiger partial charge in [0.25, 0.3) is 5.91 Å². The van der Waals surface area contributed by atoms with E-state index in [0.29, 0.717) is 23.3 Å². The molecule has 1 saturated carbocycles. The largest absolute Gasteiger partial charge is 0.396 e. The zero-order chi connectivity index (χ0) is 14.0. The zero-order valence-electron chi connectivity index (χ0n) is 12.1. The van der Waals surface area contributed by atoms with Gasteiger partial charge in [-0.3, -0.25) is 9.48 Å². The van der Waals surface area contributed by atoms with E-state index < -0.39 is 0 Å². The molecule has 1 aromatic heterocycles. The maximum Gasteiger partial charge on any atom is 0.276 e. The van der Waals surface area contributed by atoms with E-state index in [1.54, 1.807) is 10.9 Å². The Bertz CT molecular complexity index is 454. The van der Waals surface area contributed by atoms with Gasteiger partial charge < -0.3 is 10.6 Å². The summed E-state index contributed by atoms with van der Waals surface area (Å²) in [6.07, 6.45) is 6.36. The number of carbonyl (C=O) groups excluding carboxylic acids is 1. The van der Waals surface area contributed by atoms with Gasteiger partial charge in [0.1, 0.15) is 0 Å². The molecule has 1 aliphatic rings. The van der Waals surface area contributed by atoms with Crippen LogP contribution in [0, 0.1) is 5.92 Å². The molecule has 2 rings (SSSR count). The number of carbonyl (C=O) groups is 1. The van der Waals surface area contributed by atoms with Crippen molar-refractivity contribution in [1.82, 2.24) is 14.7 Å². The van der Waals surface area contributed by atoms with Gasteiger partial charge in [-0.05, 0) is 25.7 Å². The smallest absolute Gasteiger partial charge is 0.276 e. The molecular weight excluding hydrogens is 240 g/mol. The zero-order valence-corrected chi connectivity index (χ0v) is 12.1. The van der Waals surface area contributed by atoms with Crippen molar-refractivity contribution < 1.29 is 4.79 Å². The van der Waals surface area contributed by atoms with Crippen LogP contribution in [0.25, 0.3) is 0 Å². The van der Waals surface area contributed by atoms with Crippen LogP contribution in [0.4, 0.5) is 5.69 Å². The number of hydrogen-bond donors (Lipinski definition) is 1. The third kappa shape index (κ3) is 2.91. The minimum Gasteiger partial charge on any atom is -0.396 e. The summed E-state index contributed by atoms with van der Waals surface area (Å²) in [5.41, 5.74) is 6.75. The van der Waals surface area contributed by atoms with E-state index in [2.05, 4.69) is 12.0 Å². The predicted octanol–water partition coefficient (Wildman–Crippen LogP) is 2.14. The van der Waals surface area contributed by atoms with Crippen molar-refractivity contribution in [2.24, 2.45) is 5.92 Å². The van der Waals surface area contributed by atoms with Crippen LogP contribution in [-0.2, 0) is 6.54 Å². The number of nitrogen functional groups attached to an aromatic ring is 1. The summed E-state index contributed by atoms with van der Waals surface area (Å²) >= 11 is 0. The first kappa shape index (κ1) is 13.9. The molecule has 0 saturated heterocycles. The van der Waals surface area contributed by atoms with Gasteiger partial charge in [-0.1, -0.05) is 19.8 Å². The van der Waals surface area contributed by atoms with E-state index in [1.807, 2.05) is 18.9 Å². The maximum absolute atomic E-state index is 12.5. The summed E-state index contributed by atoms with van der Waals surface area (Å²) in [4.78, 5) is 14.3. The molecule has 2 N–H and O–H groups in total. The Morgan fingerprint density at radius 1 is 1.58 bits per heavy atom. The second-order valence-electron chi connectivity index (χ2n) is 5.63. The molecule has 2 atom stereocenters. The van der Waals surface area contributed by atoms with Crippen LogP contribution in [0.2, 0.25) is 0 Å². The lowest BCUT2D eigenvalue weighted by Crippen LogP contribution is -2.40. The predicted molar refractivity (Wildman–Crippen MR) is 75.8 cm³/mol. The number of nitrogens with two attached hydrogens (primary N) is 1. The summed E-state index contributed by atoms with van der Waals surface area (Å²) in [5.74, 6) is 0.642. The standard InChI is InChI=1S/C14H24N4O/c1-4-18-9-12(15)13(16-18)14(19)17(3)11-7-5-6-10(2)8-11/h9-11H,4-8,15H2,1-3H3. The number of aromatic nitrogens is 2. The van der Waals surface area contributed by atoms with E-state index >= 15 is 0 Å². The van der Waals surface area contributed by atoms with Crippen molar-refractivity contribution in [2.75, 3.05) is 12.8 Å². The van der Waals surface area contributed by atoms with Crippen molar-refractivity contribution >= 4 is 11.6 Å². The molecule has 1 amide bonds. The monoisotopic (exact) mass is 264 g/mol. The van der Waals surface area contributed by atoms with Gasteiger partial charge in [0.05, 0.1) is 5.69 Å². The summed E-state index contributed by atoms with van der Waals surface area (Å²) in [6.45, 7) is 4.96. The first-order valence-electron chi connectivity index (χ1n) is 7.13. The molecule has 0 bridgehead atoms. The van der Waals surface area contributed by atoms with Crippen LogP contribution in [0.3, 0.4) is 0 Å². The van der Waals surface area contributed by atoms with E-state index in [9.17, 15) is 4.79 Å². The lowest BCUT2D eigenvalue weighted by Gasteiger charge is -2.33. The summed E-state index contributed by atoms with van der Waals surface area (Å²) in [6, 6.07) is 0.322. The molecule has 19 heavy (non-hydrogen) atoms. The Labute approximate surface area is 114 Å². The number of aryl methyl sites for hydroxylation is 1. The molecule has 0 aromatic carbocycles. The normalized spacial score (nSPS) is 23.3. The van der Waals surface area contributed by atoms with Gasteiger partial charge >= 0.3 is 0 Å². The lowest BCUT2D eigenvalue weighted by molar-refractivity contribution is 0.0666. The minimum absolute atomic E-state index is 0.0520. The highest BCUT2D eigenvalue weighted by atomic mass is 16.2. The Hall–Kier alpha value is -1.52. The quantitative estimate of drug-likeness (QED) is 0.909. The van der Waals surface area contributed by atoms with Gasteiger partial charge in [0.2, 0.25) is 0 Å². The van der Waals surface area contributed by atoms with Gasteiger partial charge in [-0.25, -0.2) is 0 Å². The van der Waals surface area contributed by atoms with Gasteiger partial charge in [-0.2, -0.15) is 5.10 Å². The Balaban J connectivity index is 2.11. The van der Waals surface area contributed by atoms with Crippen LogP contribution in [-0.4, -0.2) is 33.7 Å². The van der Waals surface area contributed by atoms with E-state index in [-0.39, 0.29) is 5.91 Å². The fourth-order valence-corrected chi connectivity index (χ4v) is 2.85. The van der Waals surface area contributed by atoms with Gasteiger partial charge in [0, 0.05) is 25.8 Å². The molecule has 5 nitrogen and oxygen atoms in total. The molecule has 1 heterocycles. The summed E-state index contributed by atoms with van der Waals surface area (Å²) in [5, 5.41) is 4.26. The first-order valence-corrected chi connectivity index (χ1v) is 7.13. The molecule has 0 spiro atoms. The van der Waals surface area contributed by atoms with Gasteiger partial charge in [-0.15, -0.1) is 0 Å². The van der Waals surface area contributed by atoms with Gasteiger partial charge in [0.15, 0.2) is 5.69 Å². The highest BCUT2D eigenvalue weighted by Gasteiger charge is 2.28. The van der Waals surface area contributed by atoms with Crippen molar-refractivity contribution in [2.45, 2.75) is 52.1 Å². The highest BCUT2D eigenvalue weighted by Crippen LogP contribution is 2.27.